The first-order valence-corrected chi connectivity index (χ1v) is 26.2. The molecule has 5 heteroatoms. The van der Waals surface area contributed by atoms with Crippen molar-refractivity contribution in [2.45, 2.75) is 31.0 Å². The number of aromatic nitrogens is 2. The molecule has 2 nitrogen and oxygen atoms in total. The van der Waals surface area contributed by atoms with Crippen molar-refractivity contribution in [1.82, 2.24) is 9.97 Å². The molecule has 277 valence electrons. The maximum Gasteiger partial charge on any atom is 0.0629 e. The van der Waals surface area contributed by atoms with Gasteiger partial charge in [0.2, 0.25) is 0 Å². The Hall–Kier alpha value is -4.97. The van der Waals surface area contributed by atoms with Crippen LogP contribution in [0.1, 0.15) is 22.1 Å². The number of thiophene rings is 1. The fourth-order valence-corrected chi connectivity index (χ4v) is 11.7. The fraction of sp³-hybridized carbons (Fsp3) is 0.0980. The van der Waals surface area contributed by atoms with Crippen LogP contribution in [-0.2, 0) is 20.1 Å². The van der Waals surface area contributed by atoms with Crippen LogP contribution in [0.5, 0.6) is 0 Å². The van der Waals surface area contributed by atoms with E-state index in [9.17, 15) is 0 Å². The van der Waals surface area contributed by atoms with Gasteiger partial charge in [-0.25, -0.2) is 0 Å². The average molecular weight is 988 g/mol. The molecule has 0 aliphatic rings. The molecule has 0 spiro atoms. The maximum absolute atomic E-state index is 8.34. The molecule has 0 aliphatic heterocycles. The molecule has 9 aromatic rings. The third-order valence-corrected chi connectivity index (χ3v) is 15.3. The molecule has 3 aromatic heterocycles. The van der Waals surface area contributed by atoms with Gasteiger partial charge in [0.1, 0.15) is 0 Å². The summed E-state index contributed by atoms with van der Waals surface area (Å²) in [7, 11) is 0. The minimum Gasteiger partial charge on any atom is -0.305 e. The summed E-state index contributed by atoms with van der Waals surface area (Å²) in [5.41, 5.74) is 9.28. The first kappa shape index (κ1) is 30.2. The molecule has 6 aromatic carbocycles. The van der Waals surface area contributed by atoms with Crippen LogP contribution in [-0.4, -0.2) is 23.2 Å². The summed E-state index contributed by atoms with van der Waals surface area (Å²) >= 11 is -0.285. The second kappa shape index (κ2) is 17.0. The molecule has 0 fully saturated rings. The minimum atomic E-state index is -2.19. The number of fused-ring (bicyclic) bond motifs is 3. The van der Waals surface area contributed by atoms with Gasteiger partial charge in [0.15, 0.2) is 0 Å². The van der Waals surface area contributed by atoms with Crippen molar-refractivity contribution in [3.05, 3.63) is 187 Å². The van der Waals surface area contributed by atoms with E-state index in [0.717, 1.165) is 53.7 Å². The Morgan fingerprint density at radius 3 is 2.11 bits per heavy atom. The normalized spacial score (nSPS) is 13.4. The quantitative estimate of drug-likeness (QED) is 0.123. The molecule has 0 N–H and O–H groups in total. The summed E-state index contributed by atoms with van der Waals surface area (Å²) in [6.45, 7) is -0.0564. The SMILES string of the molecule is [2H]C([2H])([2H])c1c[c-]c(-c2cc(C)[c]([Ge]([CH3])([CH3])[CH3])cn2)cc1-c1ccccc1.[2H]c1c([2H])c([2H])c(-c2ccnc(-c3[c-]ccc4c3sc3cc(-c5ccccc5)ccc34)c2)c([2H])c1[2H].[Ir]. The maximum atomic E-state index is 8.34. The van der Waals surface area contributed by atoms with E-state index in [2.05, 4.69) is 88.8 Å². The van der Waals surface area contributed by atoms with E-state index in [1.165, 1.54) is 9.96 Å². The Morgan fingerprint density at radius 1 is 0.661 bits per heavy atom. The number of aryl methyl sites for hydroxylation is 2. The molecule has 0 atom stereocenters. The van der Waals surface area contributed by atoms with Crippen molar-refractivity contribution in [1.29, 1.82) is 0 Å². The molecule has 0 amide bonds. The number of hydrogen-bond acceptors (Lipinski definition) is 3. The van der Waals surface area contributed by atoms with Crippen LogP contribution < -0.4 is 4.40 Å². The zero-order valence-electron chi connectivity index (χ0n) is 39.3. The molecule has 0 saturated heterocycles. The van der Waals surface area contributed by atoms with Crippen LogP contribution in [0.4, 0.5) is 0 Å². The van der Waals surface area contributed by atoms with Crippen molar-refractivity contribution in [2.24, 2.45) is 0 Å². The smallest absolute Gasteiger partial charge is 0.0629 e. The average Bonchev–Trinajstić information content (AvgIpc) is 3.66. The predicted molar refractivity (Wildman–Crippen MR) is 239 cm³/mol. The Kier molecular flexibility index (Phi) is 9.19. The van der Waals surface area contributed by atoms with Crippen molar-refractivity contribution < 1.29 is 31.1 Å². The zero-order chi connectivity index (χ0) is 44.8. The van der Waals surface area contributed by atoms with Crippen molar-refractivity contribution >= 4 is 49.2 Å². The van der Waals surface area contributed by atoms with Crippen molar-refractivity contribution in [2.75, 3.05) is 0 Å². The molecule has 1 radical (unpaired) electrons. The van der Waals surface area contributed by atoms with Gasteiger partial charge in [-0.3, -0.25) is 0 Å². The van der Waals surface area contributed by atoms with Crippen LogP contribution in [0.3, 0.4) is 0 Å². The van der Waals surface area contributed by atoms with Crippen LogP contribution in [0.25, 0.3) is 76.1 Å². The van der Waals surface area contributed by atoms with Crippen LogP contribution in [0.2, 0.25) is 17.3 Å². The molecular weight excluding hydrogens is 937 g/mol. The van der Waals surface area contributed by atoms with Gasteiger partial charge in [0, 0.05) is 31.0 Å². The minimum absolute atomic E-state index is 0. The first-order chi connectivity index (χ1) is 30.0. The Balaban J connectivity index is 0.000000197. The molecule has 0 bridgehead atoms. The Bertz CT molecular complexity index is 3140. The third kappa shape index (κ3) is 8.40. The van der Waals surface area contributed by atoms with Gasteiger partial charge in [-0.1, -0.05) is 84.1 Å². The molecule has 0 saturated carbocycles. The van der Waals surface area contributed by atoms with Gasteiger partial charge in [-0.2, -0.15) is 11.3 Å². The van der Waals surface area contributed by atoms with E-state index in [-0.39, 0.29) is 49.8 Å². The van der Waals surface area contributed by atoms with Gasteiger partial charge in [-0.05, 0) is 50.2 Å². The van der Waals surface area contributed by atoms with Crippen molar-refractivity contribution in [3.63, 3.8) is 0 Å². The number of rotatable bonds is 6. The van der Waals surface area contributed by atoms with Gasteiger partial charge >= 0.3 is 152 Å². The fourth-order valence-electron chi connectivity index (χ4n) is 6.84. The van der Waals surface area contributed by atoms with E-state index in [4.69, 9.17) is 11.0 Å². The topological polar surface area (TPSA) is 25.8 Å². The van der Waals surface area contributed by atoms with E-state index >= 15 is 0 Å². The third-order valence-electron chi connectivity index (χ3n) is 9.58. The summed E-state index contributed by atoms with van der Waals surface area (Å²) in [6, 6.07) is 44.3. The largest absolute Gasteiger partial charge is 0.305 e. The van der Waals surface area contributed by atoms with Crippen LogP contribution in [0, 0.1) is 25.9 Å². The summed E-state index contributed by atoms with van der Waals surface area (Å²) in [5.74, 6) is 7.07. The number of hydrogen-bond donors (Lipinski definition) is 0. The summed E-state index contributed by atoms with van der Waals surface area (Å²) in [4.78, 5) is 9.24. The van der Waals surface area contributed by atoms with Crippen molar-refractivity contribution in [3.8, 4) is 55.9 Å². The Morgan fingerprint density at radius 2 is 1.39 bits per heavy atom. The first-order valence-electron chi connectivity index (χ1n) is 22.1. The monoisotopic (exact) mass is 989 g/mol. The molecule has 56 heavy (non-hydrogen) atoms. The van der Waals surface area contributed by atoms with Crippen LogP contribution >= 0.6 is 11.3 Å². The van der Waals surface area contributed by atoms with E-state index in [1.807, 2.05) is 66.9 Å². The molecule has 9 rings (SSSR count). The van der Waals surface area contributed by atoms with E-state index < -0.39 is 26.2 Å². The second-order valence-corrected chi connectivity index (χ2v) is 26.0. The van der Waals surface area contributed by atoms with Gasteiger partial charge in [0.25, 0.3) is 0 Å². The summed E-state index contributed by atoms with van der Waals surface area (Å²) in [6.07, 6.45) is 3.61. The van der Waals surface area contributed by atoms with Gasteiger partial charge in [0.05, 0.1) is 6.85 Å². The second-order valence-electron chi connectivity index (χ2n) is 14.4. The van der Waals surface area contributed by atoms with Crippen LogP contribution in [0.15, 0.2) is 164 Å². The van der Waals surface area contributed by atoms with Gasteiger partial charge in [-0.15, -0.1) is 23.8 Å². The van der Waals surface area contributed by atoms with E-state index in [1.54, 1.807) is 35.7 Å². The number of nitrogens with zero attached hydrogens (tertiary/aromatic N) is 2. The number of benzene rings is 6. The van der Waals surface area contributed by atoms with E-state index in [0.29, 0.717) is 22.4 Å². The standard InChI is InChI=1S/C29H18NS.C22H24GeN.Ir/c1-3-8-20(9-4-1)22-14-15-24-25-12-7-13-26(29(25)31-28(24)19-22)27-18-23(16-17-30-27)21-10-5-2-6-11-21;1-16-11-12-19(14-20(16)18-9-7-6-8-10-18)22-13-17(2)21(15-24-22)23(3,4)5;/h1-12,14-19H;6-11,13-15H,1-5H3;/q2*-1;/i2D,5D,6D,10D,11D;1D3;. The zero-order valence-corrected chi connectivity index (χ0v) is 36.6. The number of pyridine rings is 2. The molecule has 0 unspecified atom stereocenters. The predicted octanol–water partition coefficient (Wildman–Crippen LogP) is 13.6. The molecular formula is C51H42GeIrN2S-2. The Labute approximate surface area is 362 Å². The molecule has 3 heterocycles. The molecule has 0 aliphatic carbocycles. The summed E-state index contributed by atoms with van der Waals surface area (Å²) < 4.78 is 67.8. The van der Waals surface area contributed by atoms with Gasteiger partial charge < -0.3 is 4.98 Å². The summed E-state index contributed by atoms with van der Waals surface area (Å²) in [5, 5.41) is 2.27.